The number of rotatable bonds is 8. The van der Waals surface area contributed by atoms with E-state index in [1.807, 2.05) is 0 Å². The molecule has 144 valence electrons. The van der Waals surface area contributed by atoms with Crippen LogP contribution in [-0.4, -0.2) is 61.2 Å². The van der Waals surface area contributed by atoms with E-state index >= 15 is 0 Å². The molecular weight excluding hydrogens is 344 g/mol. The van der Waals surface area contributed by atoms with Gasteiger partial charge in [-0.25, -0.2) is 0 Å². The van der Waals surface area contributed by atoms with E-state index in [2.05, 4.69) is 0 Å². The van der Waals surface area contributed by atoms with Crippen LogP contribution in [0.5, 0.6) is 0 Å². The zero-order valence-corrected chi connectivity index (χ0v) is 14.5. The fourth-order valence-corrected chi connectivity index (χ4v) is 3.40. The summed E-state index contributed by atoms with van der Waals surface area (Å²) in [5.41, 5.74) is -2.51. The second-order valence-electron chi connectivity index (χ2n) is 6.78. The Bertz CT molecular complexity index is 520. The van der Waals surface area contributed by atoms with Gasteiger partial charge < -0.3 is 29.2 Å². The molecule has 0 bridgehead atoms. The fourth-order valence-electron chi connectivity index (χ4n) is 3.40. The lowest BCUT2D eigenvalue weighted by Crippen LogP contribution is -2.36. The van der Waals surface area contributed by atoms with Crippen molar-refractivity contribution in [2.24, 2.45) is 10.8 Å². The van der Waals surface area contributed by atoms with Crippen LogP contribution in [0.3, 0.4) is 0 Å². The molecule has 1 aliphatic carbocycles. The highest BCUT2D eigenvalue weighted by atomic mass is 16.7. The largest absolute Gasteiger partial charge is 0.480 e. The van der Waals surface area contributed by atoms with E-state index in [9.17, 15) is 19.8 Å². The highest BCUT2D eigenvalue weighted by Crippen LogP contribution is 2.41. The Labute approximate surface area is 151 Å². The summed E-state index contributed by atoms with van der Waals surface area (Å²) >= 11 is 0. The molecule has 0 aromatic rings. The average molecular weight is 368 g/mol. The minimum atomic E-state index is -1.26. The summed E-state index contributed by atoms with van der Waals surface area (Å²) in [5, 5.41) is 19.4. The number of carboxylic acids is 2. The highest BCUT2D eigenvalue weighted by Gasteiger charge is 2.43. The summed E-state index contributed by atoms with van der Waals surface area (Å²) in [4.78, 5) is 23.7. The quantitative estimate of drug-likeness (QED) is 0.621. The zero-order chi connectivity index (χ0) is 18.6. The molecule has 0 saturated carbocycles. The summed E-state index contributed by atoms with van der Waals surface area (Å²) < 4.78 is 21.4. The number of carbonyl (C=O) groups is 2. The van der Waals surface area contributed by atoms with Gasteiger partial charge in [0.05, 0.1) is 26.4 Å². The van der Waals surface area contributed by atoms with Gasteiger partial charge in [-0.15, -0.1) is 0 Å². The molecule has 0 amide bonds. The summed E-state index contributed by atoms with van der Waals surface area (Å²) in [6.07, 6.45) is 6.49. The van der Waals surface area contributed by atoms with Crippen LogP contribution in [0.4, 0.5) is 0 Å². The van der Waals surface area contributed by atoms with Crippen LogP contribution in [0.2, 0.25) is 0 Å². The van der Waals surface area contributed by atoms with E-state index in [1.165, 1.54) is 24.3 Å². The minimum absolute atomic E-state index is 0.268. The normalized spacial score (nSPS) is 32.3. The molecular formula is C18H24O8. The third kappa shape index (κ3) is 3.98. The van der Waals surface area contributed by atoms with E-state index in [1.54, 1.807) is 0 Å². The van der Waals surface area contributed by atoms with Crippen molar-refractivity contribution in [2.45, 2.75) is 38.3 Å². The van der Waals surface area contributed by atoms with Gasteiger partial charge in [0.2, 0.25) is 0 Å². The first-order chi connectivity index (χ1) is 12.5. The Balaban J connectivity index is 1.69. The van der Waals surface area contributed by atoms with Gasteiger partial charge in [-0.2, -0.15) is 0 Å². The molecule has 0 radical (unpaired) electrons. The van der Waals surface area contributed by atoms with Crippen LogP contribution in [0.15, 0.2) is 24.3 Å². The van der Waals surface area contributed by atoms with Gasteiger partial charge in [0, 0.05) is 12.8 Å². The third-order valence-corrected chi connectivity index (χ3v) is 5.12. The van der Waals surface area contributed by atoms with Gasteiger partial charge >= 0.3 is 11.9 Å². The average Bonchev–Trinajstić information content (AvgIpc) is 3.32. The first-order valence-electron chi connectivity index (χ1n) is 8.80. The first kappa shape index (κ1) is 19.0. The molecule has 8 nitrogen and oxygen atoms in total. The minimum Gasteiger partial charge on any atom is -0.480 e. The fraction of sp³-hybridized carbons (Fsp3) is 0.667. The Hall–Kier alpha value is -1.74. The number of ether oxygens (including phenoxy) is 4. The summed E-state index contributed by atoms with van der Waals surface area (Å²) in [6.45, 7) is 2.02. The van der Waals surface area contributed by atoms with E-state index < -0.39 is 35.3 Å². The summed E-state index contributed by atoms with van der Waals surface area (Å²) in [5.74, 6) is -2.05. The number of hydrogen-bond acceptors (Lipinski definition) is 6. The molecule has 2 saturated heterocycles. The van der Waals surface area contributed by atoms with E-state index in [0.717, 1.165) is 0 Å². The maximum Gasteiger partial charge on any atom is 0.317 e. The molecule has 3 rings (SSSR count). The van der Waals surface area contributed by atoms with Crippen molar-refractivity contribution >= 4 is 11.9 Å². The molecule has 0 aromatic carbocycles. The summed E-state index contributed by atoms with van der Waals surface area (Å²) in [6, 6.07) is 0. The van der Waals surface area contributed by atoms with Crippen molar-refractivity contribution in [1.29, 1.82) is 0 Å². The van der Waals surface area contributed by atoms with Crippen molar-refractivity contribution in [1.82, 2.24) is 0 Å². The van der Waals surface area contributed by atoms with E-state index in [4.69, 9.17) is 18.9 Å². The Morgan fingerprint density at radius 3 is 1.31 bits per heavy atom. The molecule has 2 heterocycles. The predicted molar refractivity (Wildman–Crippen MR) is 88.3 cm³/mol. The molecule has 26 heavy (non-hydrogen) atoms. The Morgan fingerprint density at radius 2 is 1.04 bits per heavy atom. The molecule has 0 spiro atoms. The van der Waals surface area contributed by atoms with Crippen LogP contribution < -0.4 is 0 Å². The smallest absolute Gasteiger partial charge is 0.317 e. The van der Waals surface area contributed by atoms with Gasteiger partial charge in [-0.1, -0.05) is 24.3 Å². The van der Waals surface area contributed by atoms with Crippen LogP contribution in [0.25, 0.3) is 0 Å². The van der Waals surface area contributed by atoms with Crippen LogP contribution in [0, 0.1) is 10.8 Å². The topological polar surface area (TPSA) is 112 Å². The Kier molecular flexibility index (Phi) is 5.76. The van der Waals surface area contributed by atoms with Crippen molar-refractivity contribution in [2.75, 3.05) is 26.4 Å². The maximum atomic E-state index is 11.9. The van der Waals surface area contributed by atoms with Crippen molar-refractivity contribution in [3.63, 3.8) is 0 Å². The molecule has 3 aliphatic rings. The standard InChI is InChI=1S/C18H24O8/c19-15(20)17(3-1-13-23-9-10-24-13)5-7-18(8-6-17,16(21)22)4-2-14-25-11-12-26-14/h5-8,13-14H,1-4,9-12H2,(H,19,20)(H,21,22). The second-order valence-corrected chi connectivity index (χ2v) is 6.78. The molecule has 2 fully saturated rings. The number of carboxylic acid groups (broad SMARTS) is 2. The van der Waals surface area contributed by atoms with Crippen LogP contribution >= 0.6 is 0 Å². The van der Waals surface area contributed by atoms with E-state index in [0.29, 0.717) is 39.3 Å². The van der Waals surface area contributed by atoms with Crippen LogP contribution in [-0.2, 0) is 28.5 Å². The predicted octanol–water partition coefficient (Wildman–Crippen LogP) is 1.56. The molecule has 0 atom stereocenters. The Morgan fingerprint density at radius 1 is 0.731 bits per heavy atom. The monoisotopic (exact) mass is 368 g/mol. The van der Waals surface area contributed by atoms with Gasteiger partial charge in [-0.05, 0) is 12.8 Å². The van der Waals surface area contributed by atoms with Gasteiger partial charge in [0.25, 0.3) is 0 Å². The van der Waals surface area contributed by atoms with Gasteiger partial charge in [-0.3, -0.25) is 9.59 Å². The zero-order valence-electron chi connectivity index (χ0n) is 14.5. The molecule has 2 N–H and O–H groups in total. The number of hydrogen-bond donors (Lipinski definition) is 2. The third-order valence-electron chi connectivity index (χ3n) is 5.12. The molecule has 8 heteroatoms. The molecule has 0 aromatic heterocycles. The van der Waals surface area contributed by atoms with Crippen LogP contribution in [0.1, 0.15) is 25.7 Å². The lowest BCUT2D eigenvalue weighted by molar-refractivity contribution is -0.147. The van der Waals surface area contributed by atoms with Gasteiger partial charge in [0.15, 0.2) is 12.6 Å². The lowest BCUT2D eigenvalue weighted by Gasteiger charge is -2.32. The molecule has 0 unspecified atom stereocenters. The van der Waals surface area contributed by atoms with Gasteiger partial charge in [0.1, 0.15) is 10.8 Å². The van der Waals surface area contributed by atoms with Crippen molar-refractivity contribution < 1.29 is 38.7 Å². The summed E-state index contributed by atoms with van der Waals surface area (Å²) in [7, 11) is 0. The van der Waals surface area contributed by atoms with Crippen molar-refractivity contribution in [3.05, 3.63) is 24.3 Å². The maximum absolute atomic E-state index is 11.9. The number of aliphatic carboxylic acids is 2. The second kappa shape index (κ2) is 7.87. The first-order valence-corrected chi connectivity index (χ1v) is 8.80. The highest BCUT2D eigenvalue weighted by molar-refractivity contribution is 5.84. The lowest BCUT2D eigenvalue weighted by atomic mass is 9.71. The molecule has 2 aliphatic heterocycles. The SMILES string of the molecule is O=C(O)C1(CCC2OCCO2)C=CC(CCC2OCCO2)(C(=O)O)C=C1. The van der Waals surface area contributed by atoms with E-state index in [-0.39, 0.29) is 12.8 Å². The van der Waals surface area contributed by atoms with Crippen molar-refractivity contribution in [3.8, 4) is 0 Å².